The van der Waals surface area contributed by atoms with Gasteiger partial charge >= 0.3 is 5.97 Å². The van der Waals surface area contributed by atoms with Crippen molar-refractivity contribution in [2.75, 3.05) is 12.9 Å². The Morgan fingerprint density at radius 3 is 3.00 bits per heavy atom. The van der Waals surface area contributed by atoms with Crippen molar-refractivity contribution in [3.8, 4) is 0 Å². The summed E-state index contributed by atoms with van der Waals surface area (Å²) in [5.74, 6) is 0.343. The van der Waals surface area contributed by atoms with Gasteiger partial charge in [-0.3, -0.25) is 9.59 Å². The lowest BCUT2D eigenvalue weighted by Gasteiger charge is -2.18. The van der Waals surface area contributed by atoms with E-state index < -0.39 is 0 Å². The van der Waals surface area contributed by atoms with Crippen LogP contribution in [0.15, 0.2) is 0 Å². The number of hydrogen-bond donors (Lipinski definition) is 0. The quantitative estimate of drug-likeness (QED) is 0.649. The fraction of sp³-hybridized carbons (Fsp3) is 0.778. The fourth-order valence-electron chi connectivity index (χ4n) is 1.35. The molecule has 0 aliphatic heterocycles. The van der Waals surface area contributed by atoms with E-state index in [1.807, 2.05) is 0 Å². The van der Waals surface area contributed by atoms with Gasteiger partial charge in [0.25, 0.3) is 0 Å². The third-order valence-corrected chi connectivity index (χ3v) is 3.43. The molecule has 13 heavy (non-hydrogen) atoms. The highest BCUT2D eigenvalue weighted by atomic mass is 32.2. The molecule has 3 nitrogen and oxygen atoms in total. The molecule has 1 unspecified atom stereocenters. The van der Waals surface area contributed by atoms with Crippen molar-refractivity contribution >= 4 is 23.5 Å². The van der Waals surface area contributed by atoms with Gasteiger partial charge in [0.2, 0.25) is 0 Å². The third-order valence-electron chi connectivity index (χ3n) is 2.13. The van der Waals surface area contributed by atoms with Crippen molar-refractivity contribution in [1.82, 2.24) is 0 Å². The van der Waals surface area contributed by atoms with Gasteiger partial charge in [-0.2, -0.15) is 0 Å². The number of carbonyl (C=O) groups excluding carboxylic acids is 2. The van der Waals surface area contributed by atoms with E-state index in [1.165, 1.54) is 18.9 Å². The maximum absolute atomic E-state index is 11.3. The number of rotatable bonds is 3. The molecule has 74 valence electrons. The molecule has 1 aliphatic rings. The molecule has 1 rings (SSSR count). The average molecular weight is 202 g/mol. The highest BCUT2D eigenvalue weighted by Gasteiger charge is 2.23. The first kappa shape index (κ1) is 10.6. The molecule has 0 spiro atoms. The van der Waals surface area contributed by atoms with Crippen LogP contribution in [-0.2, 0) is 14.3 Å². The summed E-state index contributed by atoms with van der Waals surface area (Å²) in [7, 11) is 1.37. The zero-order valence-corrected chi connectivity index (χ0v) is 8.56. The highest BCUT2D eigenvalue weighted by Crippen LogP contribution is 2.25. The molecule has 0 aromatic heterocycles. The molecular weight excluding hydrogens is 188 g/mol. The number of esters is 1. The van der Waals surface area contributed by atoms with Crippen LogP contribution in [0.25, 0.3) is 0 Å². The summed E-state index contributed by atoms with van der Waals surface area (Å²) in [6.45, 7) is 0. The lowest BCUT2D eigenvalue weighted by molar-refractivity contribution is -0.137. The van der Waals surface area contributed by atoms with Gasteiger partial charge < -0.3 is 4.74 Å². The van der Waals surface area contributed by atoms with E-state index in [-0.39, 0.29) is 11.2 Å². The van der Waals surface area contributed by atoms with Crippen LogP contribution in [0.4, 0.5) is 0 Å². The van der Waals surface area contributed by atoms with Crippen LogP contribution in [0.5, 0.6) is 0 Å². The molecule has 1 fully saturated rings. The summed E-state index contributed by atoms with van der Waals surface area (Å²) in [4.78, 5) is 22.1. The second-order valence-corrected chi connectivity index (χ2v) is 4.28. The molecule has 0 aromatic carbocycles. The number of carbonyl (C=O) groups is 2. The monoisotopic (exact) mass is 202 g/mol. The molecular formula is C9H14O3S. The van der Waals surface area contributed by atoms with Gasteiger partial charge in [0.05, 0.1) is 18.1 Å². The summed E-state index contributed by atoms with van der Waals surface area (Å²) < 4.78 is 4.51. The Kier molecular flexibility index (Phi) is 4.28. The molecule has 0 heterocycles. The van der Waals surface area contributed by atoms with Gasteiger partial charge in [-0.05, 0) is 12.8 Å². The number of ketones is 1. The first-order chi connectivity index (χ1) is 6.24. The lowest BCUT2D eigenvalue weighted by Crippen LogP contribution is -2.23. The first-order valence-corrected chi connectivity index (χ1v) is 5.50. The minimum Gasteiger partial charge on any atom is -0.468 e. The Morgan fingerprint density at radius 2 is 2.38 bits per heavy atom. The van der Waals surface area contributed by atoms with E-state index in [0.717, 1.165) is 19.3 Å². The minimum absolute atomic E-state index is 0.0350. The minimum atomic E-state index is -0.247. The summed E-state index contributed by atoms with van der Waals surface area (Å²) in [6, 6.07) is 0. The van der Waals surface area contributed by atoms with Gasteiger partial charge in [-0.1, -0.05) is 6.42 Å². The average Bonchev–Trinajstić information content (AvgIpc) is 2.16. The second-order valence-electron chi connectivity index (χ2n) is 3.09. The van der Waals surface area contributed by atoms with Crippen molar-refractivity contribution < 1.29 is 14.3 Å². The smallest absolute Gasteiger partial charge is 0.315 e. The molecule has 0 aromatic rings. The SMILES string of the molecule is COC(=O)CSC1CCCCC1=O. The third kappa shape index (κ3) is 3.38. The van der Waals surface area contributed by atoms with Crippen LogP contribution in [0.3, 0.4) is 0 Å². The number of hydrogen-bond acceptors (Lipinski definition) is 4. The molecule has 0 saturated heterocycles. The summed E-state index contributed by atoms with van der Waals surface area (Å²) in [6.07, 6.45) is 3.71. The predicted molar refractivity (Wildman–Crippen MR) is 51.7 cm³/mol. The Morgan fingerprint density at radius 1 is 1.62 bits per heavy atom. The van der Waals surface area contributed by atoms with E-state index in [2.05, 4.69) is 4.74 Å². The maximum atomic E-state index is 11.3. The predicted octanol–water partition coefficient (Wildman–Crippen LogP) is 1.40. The summed E-state index contributed by atoms with van der Waals surface area (Å²) in [5.41, 5.74) is 0. The number of ether oxygens (including phenoxy) is 1. The molecule has 0 bridgehead atoms. The van der Waals surface area contributed by atoms with E-state index in [1.54, 1.807) is 0 Å². The van der Waals surface area contributed by atoms with E-state index in [9.17, 15) is 9.59 Å². The zero-order valence-electron chi connectivity index (χ0n) is 7.75. The van der Waals surface area contributed by atoms with Crippen LogP contribution in [-0.4, -0.2) is 29.9 Å². The van der Waals surface area contributed by atoms with E-state index in [0.29, 0.717) is 18.0 Å². The Labute approximate surface area is 82.2 Å². The zero-order chi connectivity index (χ0) is 9.68. The second kappa shape index (κ2) is 5.27. The van der Waals surface area contributed by atoms with Crippen LogP contribution < -0.4 is 0 Å². The number of thioether (sulfide) groups is 1. The fourth-order valence-corrected chi connectivity index (χ4v) is 2.45. The first-order valence-electron chi connectivity index (χ1n) is 4.45. The van der Waals surface area contributed by atoms with Gasteiger partial charge in [-0.15, -0.1) is 11.8 Å². The molecule has 0 radical (unpaired) electrons. The van der Waals surface area contributed by atoms with Crippen LogP contribution in [0, 0.1) is 0 Å². The van der Waals surface area contributed by atoms with Crippen LogP contribution in [0.1, 0.15) is 25.7 Å². The number of Topliss-reactive ketones (excluding diaryl/α,β-unsaturated/α-hetero) is 1. The summed E-state index contributed by atoms with van der Waals surface area (Å²) in [5, 5.41) is 0.0350. The topological polar surface area (TPSA) is 43.4 Å². The molecule has 0 N–H and O–H groups in total. The van der Waals surface area contributed by atoms with Crippen molar-refractivity contribution in [3.05, 3.63) is 0 Å². The van der Waals surface area contributed by atoms with Crippen molar-refractivity contribution in [2.24, 2.45) is 0 Å². The van der Waals surface area contributed by atoms with E-state index >= 15 is 0 Å². The normalized spacial score (nSPS) is 22.8. The highest BCUT2D eigenvalue weighted by molar-refractivity contribution is 8.01. The molecule has 1 saturated carbocycles. The van der Waals surface area contributed by atoms with Gasteiger partial charge in [0.1, 0.15) is 5.78 Å². The van der Waals surface area contributed by atoms with Gasteiger partial charge in [-0.25, -0.2) is 0 Å². The molecule has 4 heteroatoms. The van der Waals surface area contributed by atoms with Crippen LogP contribution >= 0.6 is 11.8 Å². The van der Waals surface area contributed by atoms with Crippen molar-refractivity contribution in [3.63, 3.8) is 0 Å². The van der Waals surface area contributed by atoms with E-state index in [4.69, 9.17) is 0 Å². The largest absolute Gasteiger partial charge is 0.468 e. The maximum Gasteiger partial charge on any atom is 0.315 e. The standard InChI is InChI=1S/C9H14O3S/c1-12-9(11)6-13-8-5-3-2-4-7(8)10/h8H,2-6H2,1H3. The molecule has 1 aliphatic carbocycles. The molecule has 1 atom stereocenters. The van der Waals surface area contributed by atoms with Gasteiger partial charge in [0.15, 0.2) is 0 Å². The molecule has 0 amide bonds. The Balaban J connectivity index is 2.26. The Hall–Kier alpha value is -0.510. The van der Waals surface area contributed by atoms with Crippen molar-refractivity contribution in [1.29, 1.82) is 0 Å². The Bertz CT molecular complexity index is 203. The van der Waals surface area contributed by atoms with Crippen molar-refractivity contribution in [2.45, 2.75) is 30.9 Å². The lowest BCUT2D eigenvalue weighted by atomic mass is 9.99. The van der Waals surface area contributed by atoms with Crippen LogP contribution in [0.2, 0.25) is 0 Å². The summed E-state index contributed by atoms with van der Waals surface area (Å²) >= 11 is 1.41. The number of methoxy groups -OCH3 is 1. The van der Waals surface area contributed by atoms with Gasteiger partial charge in [0, 0.05) is 6.42 Å².